The van der Waals surface area contributed by atoms with E-state index in [1.807, 2.05) is 6.92 Å². The third-order valence-electron chi connectivity index (χ3n) is 1.35. The molecule has 0 radical (unpaired) electrons. The minimum absolute atomic E-state index is 0.0816. The molecule has 0 aromatic carbocycles. The van der Waals surface area contributed by atoms with Crippen LogP contribution in [0.15, 0.2) is 0 Å². The maximum atomic E-state index is 4.97. The first-order chi connectivity index (χ1) is 4.49. The molecule has 0 saturated carbocycles. The van der Waals surface area contributed by atoms with Crippen LogP contribution in [-0.4, -0.2) is 16.9 Å². The largest absolute Gasteiger partial charge is 0.348 e. The Morgan fingerprint density at radius 3 is 2.50 bits per heavy atom. The summed E-state index contributed by atoms with van der Waals surface area (Å²) in [6, 6.07) is 0. The topological polar surface area (TPSA) is 36.1 Å². The molecule has 1 atom stereocenters. The SMILES string of the molecule is CC1NC(=S)NC(C)(C)N1. The van der Waals surface area contributed by atoms with Crippen LogP contribution in [-0.2, 0) is 0 Å². The van der Waals surface area contributed by atoms with Gasteiger partial charge < -0.3 is 10.6 Å². The molecule has 1 fully saturated rings. The molecule has 1 saturated heterocycles. The summed E-state index contributed by atoms with van der Waals surface area (Å²) < 4.78 is 0. The fourth-order valence-electron chi connectivity index (χ4n) is 1.13. The zero-order valence-corrected chi connectivity index (χ0v) is 7.30. The van der Waals surface area contributed by atoms with E-state index >= 15 is 0 Å². The van der Waals surface area contributed by atoms with E-state index in [1.54, 1.807) is 0 Å². The molecule has 0 aromatic heterocycles. The molecule has 0 aliphatic carbocycles. The average Bonchev–Trinajstić information content (AvgIpc) is 1.54. The molecule has 1 rings (SSSR count). The maximum absolute atomic E-state index is 4.97. The van der Waals surface area contributed by atoms with E-state index in [1.165, 1.54) is 0 Å². The second-order valence-corrected chi connectivity index (χ2v) is 3.50. The van der Waals surface area contributed by atoms with Gasteiger partial charge >= 0.3 is 0 Å². The van der Waals surface area contributed by atoms with E-state index in [2.05, 4.69) is 29.8 Å². The molecular formula is C6H13N3S. The van der Waals surface area contributed by atoms with Gasteiger partial charge in [0.1, 0.15) is 0 Å². The summed E-state index contributed by atoms with van der Waals surface area (Å²) in [5.41, 5.74) is -0.0816. The van der Waals surface area contributed by atoms with Crippen LogP contribution in [0.1, 0.15) is 20.8 Å². The molecule has 3 N–H and O–H groups in total. The van der Waals surface area contributed by atoms with Gasteiger partial charge in [0.2, 0.25) is 0 Å². The van der Waals surface area contributed by atoms with Gasteiger partial charge in [-0.2, -0.15) is 0 Å². The average molecular weight is 159 g/mol. The predicted molar refractivity (Wildman–Crippen MR) is 45.5 cm³/mol. The highest BCUT2D eigenvalue weighted by Crippen LogP contribution is 2.01. The van der Waals surface area contributed by atoms with Crippen LogP contribution in [0.25, 0.3) is 0 Å². The fraction of sp³-hybridized carbons (Fsp3) is 0.833. The molecular weight excluding hydrogens is 146 g/mol. The summed E-state index contributed by atoms with van der Waals surface area (Å²) in [6.45, 7) is 6.14. The van der Waals surface area contributed by atoms with Crippen molar-refractivity contribution in [1.82, 2.24) is 16.0 Å². The Morgan fingerprint density at radius 1 is 1.50 bits per heavy atom. The van der Waals surface area contributed by atoms with Crippen molar-refractivity contribution < 1.29 is 0 Å². The minimum Gasteiger partial charge on any atom is -0.348 e. The number of thiocarbonyl (C=S) groups is 1. The molecule has 1 aliphatic heterocycles. The first kappa shape index (κ1) is 7.75. The first-order valence-corrected chi connectivity index (χ1v) is 3.77. The summed E-state index contributed by atoms with van der Waals surface area (Å²) in [4.78, 5) is 0. The third-order valence-corrected chi connectivity index (χ3v) is 1.57. The number of rotatable bonds is 0. The van der Waals surface area contributed by atoms with Gasteiger partial charge in [-0.05, 0) is 33.0 Å². The molecule has 0 aromatic rings. The van der Waals surface area contributed by atoms with Crippen LogP contribution >= 0.6 is 12.2 Å². The van der Waals surface area contributed by atoms with Gasteiger partial charge in [0.25, 0.3) is 0 Å². The molecule has 1 unspecified atom stereocenters. The Hall–Kier alpha value is -0.350. The monoisotopic (exact) mass is 159 g/mol. The number of hydrogen-bond donors (Lipinski definition) is 3. The quantitative estimate of drug-likeness (QED) is 0.439. The van der Waals surface area contributed by atoms with E-state index < -0.39 is 0 Å². The van der Waals surface area contributed by atoms with E-state index in [0.29, 0.717) is 0 Å². The second kappa shape index (κ2) is 2.36. The van der Waals surface area contributed by atoms with Gasteiger partial charge in [-0.3, -0.25) is 5.32 Å². The van der Waals surface area contributed by atoms with Crippen LogP contribution in [0.5, 0.6) is 0 Å². The lowest BCUT2D eigenvalue weighted by molar-refractivity contribution is 0.280. The molecule has 10 heavy (non-hydrogen) atoms. The van der Waals surface area contributed by atoms with Gasteiger partial charge in [0.15, 0.2) is 5.11 Å². The zero-order valence-electron chi connectivity index (χ0n) is 6.49. The van der Waals surface area contributed by atoms with Gasteiger partial charge in [-0.15, -0.1) is 0 Å². The van der Waals surface area contributed by atoms with Crippen molar-refractivity contribution in [2.45, 2.75) is 32.6 Å². The van der Waals surface area contributed by atoms with E-state index in [4.69, 9.17) is 12.2 Å². The van der Waals surface area contributed by atoms with E-state index in [9.17, 15) is 0 Å². The highest BCUT2D eigenvalue weighted by Gasteiger charge is 2.25. The van der Waals surface area contributed by atoms with Crippen molar-refractivity contribution >= 4 is 17.3 Å². The van der Waals surface area contributed by atoms with Crippen molar-refractivity contribution in [3.63, 3.8) is 0 Å². The third kappa shape index (κ3) is 1.82. The number of nitrogens with one attached hydrogen (secondary N) is 3. The van der Waals surface area contributed by atoms with Gasteiger partial charge in [0, 0.05) is 0 Å². The van der Waals surface area contributed by atoms with Crippen molar-refractivity contribution in [2.75, 3.05) is 0 Å². The Bertz CT molecular complexity index is 155. The molecule has 1 aliphatic rings. The Kier molecular flexibility index (Phi) is 1.83. The summed E-state index contributed by atoms with van der Waals surface area (Å²) in [5.74, 6) is 0. The molecule has 3 nitrogen and oxygen atoms in total. The van der Waals surface area contributed by atoms with Gasteiger partial charge in [-0.1, -0.05) is 0 Å². The lowest BCUT2D eigenvalue weighted by atomic mass is 10.2. The van der Waals surface area contributed by atoms with Crippen LogP contribution in [0.4, 0.5) is 0 Å². The van der Waals surface area contributed by atoms with Crippen molar-refractivity contribution in [3.8, 4) is 0 Å². The highest BCUT2D eigenvalue weighted by atomic mass is 32.1. The molecule has 4 heteroatoms. The molecule has 0 bridgehead atoms. The zero-order chi connectivity index (χ0) is 7.78. The van der Waals surface area contributed by atoms with Crippen molar-refractivity contribution in [2.24, 2.45) is 0 Å². The summed E-state index contributed by atoms with van der Waals surface area (Å²) in [5, 5.41) is 10.1. The van der Waals surface area contributed by atoms with Gasteiger partial charge in [0.05, 0.1) is 11.8 Å². The smallest absolute Gasteiger partial charge is 0.168 e. The van der Waals surface area contributed by atoms with E-state index in [0.717, 1.165) is 5.11 Å². The van der Waals surface area contributed by atoms with E-state index in [-0.39, 0.29) is 11.8 Å². The predicted octanol–water partition coefficient (Wildman–Crippen LogP) is 0.136. The van der Waals surface area contributed by atoms with Crippen LogP contribution in [0.3, 0.4) is 0 Å². The molecule has 0 spiro atoms. The summed E-state index contributed by atoms with van der Waals surface area (Å²) >= 11 is 4.97. The normalized spacial score (nSPS) is 30.7. The lowest BCUT2D eigenvalue weighted by Crippen LogP contribution is -2.68. The van der Waals surface area contributed by atoms with Crippen LogP contribution in [0.2, 0.25) is 0 Å². The first-order valence-electron chi connectivity index (χ1n) is 3.36. The lowest BCUT2D eigenvalue weighted by Gasteiger charge is -2.38. The molecule has 1 heterocycles. The number of hydrogen-bond acceptors (Lipinski definition) is 2. The minimum atomic E-state index is -0.0816. The fourth-order valence-corrected chi connectivity index (χ4v) is 1.56. The van der Waals surface area contributed by atoms with Crippen molar-refractivity contribution in [3.05, 3.63) is 0 Å². The maximum Gasteiger partial charge on any atom is 0.168 e. The highest BCUT2D eigenvalue weighted by molar-refractivity contribution is 7.80. The molecule has 0 amide bonds. The Balaban J connectivity index is 2.59. The summed E-state index contributed by atoms with van der Waals surface area (Å²) in [7, 11) is 0. The van der Waals surface area contributed by atoms with Crippen molar-refractivity contribution in [1.29, 1.82) is 0 Å². The Morgan fingerprint density at radius 2 is 2.10 bits per heavy atom. The Labute approximate surface area is 66.6 Å². The second-order valence-electron chi connectivity index (χ2n) is 3.09. The van der Waals surface area contributed by atoms with Crippen LogP contribution in [0, 0.1) is 0 Å². The molecule has 58 valence electrons. The van der Waals surface area contributed by atoms with Gasteiger partial charge in [-0.25, -0.2) is 0 Å². The van der Waals surface area contributed by atoms with Crippen LogP contribution < -0.4 is 16.0 Å². The summed E-state index contributed by atoms with van der Waals surface area (Å²) in [6.07, 6.45) is 0.253. The standard InChI is InChI=1S/C6H13N3S/c1-4-7-5(10)9-6(2,3)8-4/h4,8H,1-3H3,(H2,7,9,10).